The second-order valence-electron chi connectivity index (χ2n) is 5.61. The third-order valence-corrected chi connectivity index (χ3v) is 4.84. The van der Waals surface area contributed by atoms with Crippen LogP contribution in [0, 0.1) is 0 Å². The van der Waals surface area contributed by atoms with Crippen molar-refractivity contribution in [2.75, 3.05) is 7.05 Å². The van der Waals surface area contributed by atoms with Crippen LogP contribution in [0.4, 0.5) is 13.2 Å². The lowest BCUT2D eigenvalue weighted by Crippen LogP contribution is -2.37. The van der Waals surface area contributed by atoms with Gasteiger partial charge in [-0.2, -0.15) is 13.2 Å². The van der Waals surface area contributed by atoms with Gasteiger partial charge in [0, 0.05) is 18.0 Å². The van der Waals surface area contributed by atoms with Crippen LogP contribution in [0.15, 0.2) is 29.2 Å². The monoisotopic (exact) mass is 331 g/mol. The fourth-order valence-corrected chi connectivity index (χ4v) is 3.52. The molecule has 1 fully saturated rings. The van der Waals surface area contributed by atoms with Gasteiger partial charge < -0.3 is 4.90 Å². The minimum Gasteiger partial charge on any atom is -0.339 e. The molecule has 1 amide bonds. The van der Waals surface area contributed by atoms with E-state index in [1.807, 2.05) is 0 Å². The van der Waals surface area contributed by atoms with Gasteiger partial charge in [0.15, 0.2) is 0 Å². The van der Waals surface area contributed by atoms with Crippen LogP contribution in [0.2, 0.25) is 0 Å². The number of hydrogen-bond donors (Lipinski definition) is 0. The number of halogens is 3. The van der Waals surface area contributed by atoms with E-state index in [0.29, 0.717) is 0 Å². The van der Waals surface area contributed by atoms with Crippen molar-refractivity contribution >= 4 is 17.7 Å². The highest BCUT2D eigenvalue weighted by atomic mass is 32.2. The van der Waals surface area contributed by atoms with Crippen LogP contribution in [0.5, 0.6) is 0 Å². The molecule has 22 heavy (non-hydrogen) atoms. The van der Waals surface area contributed by atoms with Crippen molar-refractivity contribution in [2.24, 2.45) is 0 Å². The Bertz CT molecular complexity index is 510. The van der Waals surface area contributed by atoms with Gasteiger partial charge in [0.25, 0.3) is 5.91 Å². The third-order valence-electron chi connectivity index (χ3n) is 4.04. The summed E-state index contributed by atoms with van der Waals surface area (Å²) in [7, 11) is 1.70. The third kappa shape index (κ3) is 4.66. The number of hydrogen-bond acceptors (Lipinski definition) is 2. The molecule has 1 aromatic carbocycles. The topological polar surface area (TPSA) is 20.3 Å². The van der Waals surface area contributed by atoms with Gasteiger partial charge in [-0.15, -0.1) is 0 Å². The first-order chi connectivity index (χ1) is 10.4. The van der Waals surface area contributed by atoms with E-state index in [1.165, 1.54) is 31.0 Å². The highest BCUT2D eigenvalue weighted by molar-refractivity contribution is 8.00. The molecule has 2 nitrogen and oxygen atoms in total. The minimum absolute atomic E-state index is 0.0273. The highest BCUT2D eigenvalue weighted by Crippen LogP contribution is 2.39. The molecular formula is C16H20F3NOS. The minimum atomic E-state index is -4.39. The summed E-state index contributed by atoms with van der Waals surface area (Å²) < 4.78 is 37.9. The summed E-state index contributed by atoms with van der Waals surface area (Å²) >= 11 is -0.224. The van der Waals surface area contributed by atoms with Crippen molar-refractivity contribution < 1.29 is 18.0 Å². The van der Waals surface area contributed by atoms with Crippen LogP contribution < -0.4 is 0 Å². The van der Waals surface area contributed by atoms with Crippen LogP contribution >= 0.6 is 11.8 Å². The number of amides is 1. The Morgan fingerprint density at radius 2 is 1.73 bits per heavy atom. The number of thioether (sulfide) groups is 1. The van der Waals surface area contributed by atoms with Gasteiger partial charge in [-0.3, -0.25) is 4.79 Å². The van der Waals surface area contributed by atoms with Crippen LogP contribution in [-0.4, -0.2) is 29.4 Å². The highest BCUT2D eigenvalue weighted by Gasteiger charge is 2.32. The fraction of sp³-hybridized carbons (Fsp3) is 0.562. The smallest absolute Gasteiger partial charge is 0.339 e. The Balaban J connectivity index is 2.17. The zero-order chi connectivity index (χ0) is 16.2. The second kappa shape index (κ2) is 7.40. The lowest BCUT2D eigenvalue weighted by atomic mass is 10.1. The fourth-order valence-electron chi connectivity index (χ4n) is 2.86. The molecule has 0 radical (unpaired) electrons. The van der Waals surface area contributed by atoms with Crippen molar-refractivity contribution in [3.63, 3.8) is 0 Å². The maximum atomic E-state index is 12.6. The average Bonchev–Trinajstić information content (AvgIpc) is 2.73. The van der Waals surface area contributed by atoms with Crippen molar-refractivity contribution in [1.29, 1.82) is 0 Å². The molecular weight excluding hydrogens is 311 g/mol. The molecule has 2 rings (SSSR count). The molecule has 0 aromatic heterocycles. The molecule has 1 aromatic rings. The quantitative estimate of drug-likeness (QED) is 0.568. The lowest BCUT2D eigenvalue weighted by molar-refractivity contribution is -0.0328. The van der Waals surface area contributed by atoms with Gasteiger partial charge in [0.2, 0.25) is 0 Å². The molecule has 0 unspecified atom stereocenters. The molecule has 0 saturated heterocycles. The molecule has 1 aliphatic carbocycles. The normalized spacial score (nSPS) is 17.1. The number of alkyl halides is 3. The Labute approximate surface area is 133 Å². The number of nitrogens with zero attached hydrogens (tertiary/aromatic N) is 1. The Morgan fingerprint density at radius 1 is 1.14 bits per heavy atom. The van der Waals surface area contributed by atoms with E-state index < -0.39 is 5.51 Å². The van der Waals surface area contributed by atoms with Crippen molar-refractivity contribution in [2.45, 2.75) is 55.0 Å². The molecule has 0 heterocycles. The van der Waals surface area contributed by atoms with Crippen molar-refractivity contribution in [3.8, 4) is 0 Å². The van der Waals surface area contributed by atoms with E-state index in [2.05, 4.69) is 0 Å². The van der Waals surface area contributed by atoms with Crippen LogP contribution in [0.3, 0.4) is 0 Å². The first kappa shape index (κ1) is 17.2. The van der Waals surface area contributed by atoms with Crippen LogP contribution in [-0.2, 0) is 0 Å². The summed E-state index contributed by atoms with van der Waals surface area (Å²) in [4.78, 5) is 14.2. The van der Waals surface area contributed by atoms with Gasteiger partial charge >= 0.3 is 5.51 Å². The van der Waals surface area contributed by atoms with Gasteiger partial charge in [0.1, 0.15) is 0 Å². The first-order valence-electron chi connectivity index (χ1n) is 7.50. The van der Waals surface area contributed by atoms with Gasteiger partial charge in [-0.25, -0.2) is 0 Å². The summed E-state index contributed by atoms with van der Waals surface area (Å²) in [6.45, 7) is 0. The van der Waals surface area contributed by atoms with E-state index in [4.69, 9.17) is 0 Å². The summed E-state index contributed by atoms with van der Waals surface area (Å²) in [5.41, 5.74) is -4.26. The van der Waals surface area contributed by atoms with E-state index in [9.17, 15) is 18.0 Å². The summed E-state index contributed by atoms with van der Waals surface area (Å²) in [6, 6.07) is 6.08. The molecule has 0 aliphatic heterocycles. The Kier molecular flexibility index (Phi) is 5.78. The molecule has 0 atom stereocenters. The predicted molar refractivity (Wildman–Crippen MR) is 81.9 cm³/mol. The molecule has 1 saturated carbocycles. The maximum Gasteiger partial charge on any atom is 0.446 e. The summed E-state index contributed by atoms with van der Waals surface area (Å²) in [6.07, 6.45) is 6.33. The predicted octanol–water partition coefficient (Wildman–Crippen LogP) is 5.09. The molecule has 0 spiro atoms. The van der Waals surface area contributed by atoms with Crippen LogP contribution in [0.1, 0.15) is 48.9 Å². The van der Waals surface area contributed by atoms with Crippen molar-refractivity contribution in [3.05, 3.63) is 29.8 Å². The van der Waals surface area contributed by atoms with E-state index >= 15 is 0 Å². The zero-order valence-electron chi connectivity index (χ0n) is 12.5. The van der Waals surface area contributed by atoms with Gasteiger partial charge in [0.05, 0.1) is 5.56 Å². The summed E-state index contributed by atoms with van der Waals surface area (Å²) in [5.74, 6) is -0.320. The Morgan fingerprint density at radius 3 is 2.32 bits per heavy atom. The average molecular weight is 331 g/mol. The maximum absolute atomic E-state index is 12.6. The van der Waals surface area contributed by atoms with E-state index in [0.717, 1.165) is 25.7 Å². The van der Waals surface area contributed by atoms with E-state index in [-0.39, 0.29) is 34.2 Å². The first-order valence-corrected chi connectivity index (χ1v) is 8.32. The second-order valence-corrected chi connectivity index (χ2v) is 6.71. The number of rotatable bonds is 3. The number of benzene rings is 1. The summed E-state index contributed by atoms with van der Waals surface area (Å²) in [5, 5.41) is 0. The van der Waals surface area contributed by atoms with E-state index in [1.54, 1.807) is 18.0 Å². The molecule has 6 heteroatoms. The molecule has 0 bridgehead atoms. The molecule has 122 valence electrons. The standard InChI is InChI=1S/C16H20F3NOS/c1-20(12-8-4-2-3-5-9-12)15(21)13-10-6-7-11-14(13)22-16(17,18)19/h6-7,10-12H,2-5,8-9H2,1H3. The van der Waals surface area contributed by atoms with Gasteiger partial charge in [-0.05, 0) is 36.7 Å². The van der Waals surface area contributed by atoms with Crippen LogP contribution in [0.25, 0.3) is 0 Å². The number of carbonyl (C=O) groups is 1. The largest absolute Gasteiger partial charge is 0.446 e. The van der Waals surface area contributed by atoms with Crippen molar-refractivity contribution in [1.82, 2.24) is 4.90 Å². The zero-order valence-corrected chi connectivity index (χ0v) is 13.3. The number of carbonyl (C=O) groups excluding carboxylic acids is 1. The molecule has 1 aliphatic rings. The van der Waals surface area contributed by atoms with Gasteiger partial charge in [-0.1, -0.05) is 37.8 Å². The Hall–Kier alpha value is -1.17. The SMILES string of the molecule is CN(C(=O)c1ccccc1SC(F)(F)F)C1CCCCCC1. The molecule has 0 N–H and O–H groups in total. The lowest BCUT2D eigenvalue weighted by Gasteiger charge is -2.28.